The number of imide groups is 2. The highest BCUT2D eigenvalue weighted by molar-refractivity contribution is 6.33. The first-order valence-corrected chi connectivity index (χ1v) is 18.6. The minimum absolute atomic E-state index is 0.0488. The standard InChI is InChI=1S/C41H33Cl2F3N4O6/c1-3-20-4-11-25(12-5-20)49-36(52)27-14-13-26-28(33(27)38(49)54)18-29-37(53)50(48-35-30(43)17-23(19-47-35)41(44,45)46)39(55)40(29,22-7-9-24(42)10-8-22)34(26)21-6-15-32(56-2)31(51)16-21/h4-13,15-17,19,27-29,33-34,51H,3,14,18H2,1-2H3,(H,47,48)/t27-,28+,29-,33-,34-,40+/m0/s1. The highest BCUT2D eigenvalue weighted by Crippen LogP contribution is 2.64. The Bertz CT molecular complexity index is 2340. The van der Waals surface area contributed by atoms with Gasteiger partial charge >= 0.3 is 6.18 Å². The van der Waals surface area contributed by atoms with Crippen LogP contribution in [0.4, 0.5) is 24.7 Å². The van der Waals surface area contributed by atoms with Gasteiger partial charge < -0.3 is 9.84 Å². The summed E-state index contributed by atoms with van der Waals surface area (Å²) in [6.45, 7) is 2.00. The quantitative estimate of drug-likeness (QED) is 0.143. The molecule has 2 aliphatic carbocycles. The number of aryl methyl sites for hydroxylation is 1. The summed E-state index contributed by atoms with van der Waals surface area (Å²) in [7, 11) is 1.38. The normalized spacial score (nSPS) is 25.8. The maximum Gasteiger partial charge on any atom is 0.417 e. The fourth-order valence-corrected chi connectivity index (χ4v) is 9.51. The van der Waals surface area contributed by atoms with E-state index in [1.165, 1.54) is 24.1 Å². The molecule has 0 bridgehead atoms. The third-order valence-electron chi connectivity index (χ3n) is 11.7. The number of ether oxygens (including phenoxy) is 1. The van der Waals surface area contributed by atoms with Crippen LogP contribution in [-0.2, 0) is 37.2 Å². The van der Waals surface area contributed by atoms with E-state index in [0.29, 0.717) is 39.7 Å². The van der Waals surface area contributed by atoms with Gasteiger partial charge in [0, 0.05) is 17.1 Å². The number of amides is 4. The molecular weight excluding hydrogens is 772 g/mol. The number of methoxy groups -OCH3 is 1. The Labute approximate surface area is 328 Å². The number of nitrogens with one attached hydrogen (secondary N) is 1. The van der Waals surface area contributed by atoms with E-state index in [1.807, 2.05) is 25.1 Å². The lowest BCUT2D eigenvalue weighted by molar-refractivity contribution is -0.139. The molecule has 0 unspecified atom stereocenters. The topological polar surface area (TPSA) is 129 Å². The van der Waals surface area contributed by atoms with Crippen LogP contribution in [0.2, 0.25) is 10.0 Å². The molecule has 15 heteroatoms. The van der Waals surface area contributed by atoms with E-state index in [-0.39, 0.29) is 36.1 Å². The van der Waals surface area contributed by atoms with Gasteiger partial charge in [0.15, 0.2) is 17.3 Å². The summed E-state index contributed by atoms with van der Waals surface area (Å²) < 4.78 is 45.8. The van der Waals surface area contributed by atoms with Crippen LogP contribution in [0.3, 0.4) is 0 Å². The number of halogens is 5. The van der Waals surface area contributed by atoms with E-state index in [1.54, 1.807) is 42.5 Å². The first-order chi connectivity index (χ1) is 26.7. The summed E-state index contributed by atoms with van der Waals surface area (Å²) in [6.07, 6.45) is -1.47. The van der Waals surface area contributed by atoms with Gasteiger partial charge in [-0.05, 0) is 84.3 Å². The number of hydrazine groups is 1. The maximum atomic E-state index is 15.3. The van der Waals surface area contributed by atoms with E-state index in [9.17, 15) is 32.7 Å². The van der Waals surface area contributed by atoms with Crippen molar-refractivity contribution in [1.29, 1.82) is 0 Å². The van der Waals surface area contributed by atoms with Gasteiger partial charge in [-0.2, -0.15) is 18.2 Å². The van der Waals surface area contributed by atoms with Crippen molar-refractivity contribution in [2.24, 2.45) is 23.7 Å². The Hall–Kier alpha value is -5.40. The van der Waals surface area contributed by atoms with Crippen molar-refractivity contribution in [2.45, 2.75) is 43.7 Å². The molecule has 0 radical (unpaired) electrons. The number of nitrogens with zero attached hydrogens (tertiary/aromatic N) is 3. The molecular formula is C41H33Cl2F3N4O6. The second-order valence-electron chi connectivity index (χ2n) is 14.4. The number of fused-ring (bicyclic) bond motifs is 4. The molecule has 4 aliphatic rings. The zero-order valence-electron chi connectivity index (χ0n) is 29.8. The molecule has 288 valence electrons. The van der Waals surface area contributed by atoms with Crippen LogP contribution in [0.25, 0.3) is 0 Å². The van der Waals surface area contributed by atoms with Gasteiger partial charge in [-0.15, -0.1) is 0 Å². The average molecular weight is 806 g/mol. The molecule has 10 nitrogen and oxygen atoms in total. The predicted octanol–water partition coefficient (Wildman–Crippen LogP) is 7.87. The summed E-state index contributed by atoms with van der Waals surface area (Å²) in [6, 6.07) is 18.9. The van der Waals surface area contributed by atoms with Crippen molar-refractivity contribution in [1.82, 2.24) is 9.99 Å². The number of aromatic nitrogens is 1. The number of aromatic hydroxyl groups is 1. The van der Waals surface area contributed by atoms with Gasteiger partial charge in [0.2, 0.25) is 11.8 Å². The third kappa shape index (κ3) is 5.65. The van der Waals surface area contributed by atoms with Crippen molar-refractivity contribution in [3.8, 4) is 11.5 Å². The van der Waals surface area contributed by atoms with E-state index in [4.69, 9.17) is 27.9 Å². The fourth-order valence-electron chi connectivity index (χ4n) is 9.18. The number of rotatable bonds is 7. The first kappa shape index (κ1) is 37.5. The van der Waals surface area contributed by atoms with Crippen LogP contribution in [-0.4, -0.2) is 45.8 Å². The number of hydrogen-bond donors (Lipinski definition) is 2. The molecule has 1 saturated carbocycles. The molecule has 2 aliphatic heterocycles. The van der Waals surface area contributed by atoms with Crippen molar-refractivity contribution in [3.05, 3.63) is 123 Å². The molecule has 1 aromatic heterocycles. The highest BCUT2D eigenvalue weighted by atomic mass is 35.5. The molecule has 3 fully saturated rings. The number of benzene rings is 3. The van der Waals surface area contributed by atoms with Crippen LogP contribution in [0, 0.1) is 23.7 Å². The number of hydrogen-bond acceptors (Lipinski definition) is 8. The van der Waals surface area contributed by atoms with E-state index >= 15 is 4.79 Å². The zero-order valence-corrected chi connectivity index (χ0v) is 31.3. The van der Waals surface area contributed by atoms with E-state index < -0.39 is 69.5 Å². The molecule has 2 saturated heterocycles. The predicted molar refractivity (Wildman–Crippen MR) is 200 cm³/mol. The molecule has 2 N–H and O–H groups in total. The Balaban J connectivity index is 1.30. The van der Waals surface area contributed by atoms with Crippen molar-refractivity contribution in [3.63, 3.8) is 0 Å². The number of allylic oxidation sites excluding steroid dienone is 2. The molecule has 3 heterocycles. The number of phenols is 1. The first-order valence-electron chi connectivity index (χ1n) is 17.9. The summed E-state index contributed by atoms with van der Waals surface area (Å²) in [5.74, 6) is -7.35. The lowest BCUT2D eigenvalue weighted by Crippen LogP contribution is -2.53. The van der Waals surface area contributed by atoms with Crippen LogP contribution in [0.1, 0.15) is 47.9 Å². The van der Waals surface area contributed by atoms with Gasteiger partial charge in [-0.25, -0.2) is 4.98 Å². The second kappa shape index (κ2) is 13.7. The minimum Gasteiger partial charge on any atom is -0.504 e. The number of carbonyl (C=O) groups excluding carboxylic acids is 4. The molecule has 3 aromatic carbocycles. The van der Waals surface area contributed by atoms with Gasteiger partial charge in [-0.1, -0.05) is 72.1 Å². The zero-order chi connectivity index (χ0) is 39.8. The van der Waals surface area contributed by atoms with Gasteiger partial charge in [0.1, 0.15) is 0 Å². The number of phenolic OH excluding ortho intramolecular Hbond substituents is 1. The van der Waals surface area contributed by atoms with E-state index in [0.717, 1.165) is 17.0 Å². The van der Waals surface area contributed by atoms with Gasteiger partial charge in [-0.3, -0.25) is 29.5 Å². The molecule has 4 aromatic rings. The smallest absolute Gasteiger partial charge is 0.417 e. The minimum atomic E-state index is -4.76. The summed E-state index contributed by atoms with van der Waals surface area (Å²) in [5, 5.41) is 11.7. The Morgan fingerprint density at radius 3 is 2.29 bits per heavy atom. The molecule has 4 amide bonds. The van der Waals surface area contributed by atoms with Gasteiger partial charge in [0.25, 0.3) is 11.8 Å². The van der Waals surface area contributed by atoms with Crippen molar-refractivity contribution < 1.29 is 42.2 Å². The SMILES string of the molecule is CCc1ccc(N2C(=O)[C@H]3[C@H](CC=C4[C@H]3C[C@H]3C(=O)N(Nc5ncc(C(F)(F)F)cc5Cl)C(=O)[C@@]3(c3ccc(Cl)cc3)[C@H]4c3ccc(OC)c(O)c3)C2=O)cc1. The van der Waals surface area contributed by atoms with Crippen LogP contribution in [0.15, 0.2) is 90.6 Å². The highest BCUT2D eigenvalue weighted by Gasteiger charge is 2.70. The summed E-state index contributed by atoms with van der Waals surface area (Å²) in [5.41, 5.74) is 2.60. The lowest BCUT2D eigenvalue weighted by Gasteiger charge is -2.50. The number of anilines is 2. The lowest BCUT2D eigenvalue weighted by atomic mass is 9.49. The van der Waals surface area contributed by atoms with Crippen LogP contribution < -0.4 is 15.1 Å². The largest absolute Gasteiger partial charge is 0.504 e. The third-order valence-corrected chi connectivity index (χ3v) is 12.2. The van der Waals surface area contributed by atoms with Crippen molar-refractivity contribution >= 4 is 58.3 Å². The van der Waals surface area contributed by atoms with Crippen LogP contribution in [0.5, 0.6) is 11.5 Å². The Morgan fingerprint density at radius 1 is 0.946 bits per heavy atom. The molecule has 56 heavy (non-hydrogen) atoms. The number of alkyl halides is 3. The Morgan fingerprint density at radius 2 is 1.66 bits per heavy atom. The summed E-state index contributed by atoms with van der Waals surface area (Å²) >= 11 is 12.6. The molecule has 0 spiro atoms. The molecule has 6 atom stereocenters. The number of carbonyl (C=O) groups is 4. The fraction of sp³-hybridized carbons (Fsp3) is 0.293. The number of pyridine rings is 1. The van der Waals surface area contributed by atoms with Crippen molar-refractivity contribution in [2.75, 3.05) is 17.4 Å². The summed E-state index contributed by atoms with van der Waals surface area (Å²) in [4.78, 5) is 63.8. The second-order valence-corrected chi connectivity index (χ2v) is 15.2. The van der Waals surface area contributed by atoms with Crippen LogP contribution >= 0.6 is 23.2 Å². The van der Waals surface area contributed by atoms with Gasteiger partial charge in [0.05, 0.1) is 46.6 Å². The Kier molecular flexibility index (Phi) is 9.15. The molecule has 8 rings (SSSR count). The maximum absolute atomic E-state index is 15.3. The van der Waals surface area contributed by atoms with E-state index in [2.05, 4.69) is 10.4 Å². The average Bonchev–Trinajstić information content (AvgIpc) is 3.56. The monoisotopic (exact) mass is 804 g/mol.